The van der Waals surface area contributed by atoms with E-state index in [0.29, 0.717) is 35.1 Å². The predicted molar refractivity (Wildman–Crippen MR) is 89.6 cm³/mol. The summed E-state index contributed by atoms with van der Waals surface area (Å²) in [5.74, 6) is -0.0709. The van der Waals surface area contributed by atoms with Crippen molar-refractivity contribution >= 4 is 46.4 Å². The van der Waals surface area contributed by atoms with Crippen molar-refractivity contribution in [1.82, 2.24) is 20.3 Å². The molecule has 0 spiro atoms. The van der Waals surface area contributed by atoms with Crippen LogP contribution in [0.3, 0.4) is 0 Å². The Hall–Kier alpha value is -2.72. The van der Waals surface area contributed by atoms with Gasteiger partial charge in [0.2, 0.25) is 0 Å². The fourth-order valence-corrected chi connectivity index (χ4v) is 2.44. The first-order valence-electron chi connectivity index (χ1n) is 7.37. The zero-order valence-electron chi connectivity index (χ0n) is 13.2. The van der Waals surface area contributed by atoms with Crippen LogP contribution in [0.25, 0.3) is 11.2 Å². The number of carbonyl (C=O) groups is 2. The number of ether oxygens (including phenoxy) is 1. The number of halogens is 1. The fraction of sp³-hybridized carbons (Fsp3) is 0.357. The number of rotatable bonds is 4. The highest BCUT2D eigenvalue weighted by Crippen LogP contribution is 2.29. The summed E-state index contributed by atoms with van der Waals surface area (Å²) in [7, 11) is 1.48. The number of aliphatic hydroxyl groups excluding tert-OH is 1. The molecule has 0 aromatic carbocycles. The molecule has 25 heavy (non-hydrogen) atoms. The van der Waals surface area contributed by atoms with Crippen molar-refractivity contribution in [2.45, 2.75) is 6.10 Å². The van der Waals surface area contributed by atoms with Gasteiger partial charge in [0.05, 0.1) is 18.1 Å². The molecule has 2 amide bonds. The van der Waals surface area contributed by atoms with E-state index in [2.05, 4.69) is 25.6 Å². The normalized spacial score (nSPS) is 14.1. The summed E-state index contributed by atoms with van der Waals surface area (Å²) in [5, 5.41) is 14.2. The van der Waals surface area contributed by atoms with Crippen LogP contribution in [-0.2, 0) is 9.53 Å². The maximum atomic E-state index is 11.5. The van der Waals surface area contributed by atoms with Gasteiger partial charge in [-0.25, -0.2) is 19.7 Å². The summed E-state index contributed by atoms with van der Waals surface area (Å²) in [4.78, 5) is 37.4. The molecule has 3 rings (SSSR count). The smallest absolute Gasteiger partial charge is 0.407 e. The number of nitrogens with one attached hydrogen (secondary N) is 2. The van der Waals surface area contributed by atoms with Crippen molar-refractivity contribution in [3.63, 3.8) is 0 Å². The quantitative estimate of drug-likeness (QED) is 0.697. The summed E-state index contributed by atoms with van der Waals surface area (Å²) in [6.45, 7) is 0.0990. The molecule has 3 N–H and O–H groups in total. The molecule has 0 radical (unpaired) electrons. The van der Waals surface area contributed by atoms with Crippen molar-refractivity contribution in [2.75, 3.05) is 37.0 Å². The molecule has 0 bridgehead atoms. The molecule has 1 aliphatic rings. The molecule has 2 aromatic rings. The van der Waals surface area contributed by atoms with E-state index in [1.165, 1.54) is 13.2 Å². The average Bonchev–Trinajstić information content (AvgIpc) is 2.57. The van der Waals surface area contributed by atoms with Crippen LogP contribution in [0.4, 0.5) is 16.4 Å². The van der Waals surface area contributed by atoms with Gasteiger partial charge in [-0.2, -0.15) is 0 Å². The fourth-order valence-electron chi connectivity index (χ4n) is 2.29. The number of pyridine rings is 1. The Balaban J connectivity index is 1.87. The monoisotopic (exact) mass is 366 g/mol. The summed E-state index contributed by atoms with van der Waals surface area (Å²) < 4.78 is 5.13. The highest BCUT2D eigenvalue weighted by atomic mass is 35.5. The van der Waals surface area contributed by atoms with Gasteiger partial charge in [0.15, 0.2) is 17.3 Å². The SMILES string of the molecule is CNC(=O)OC1CN(c2nc3ncc(Cl)cc3nc2NC(=O)CO)C1. The summed E-state index contributed by atoms with van der Waals surface area (Å²) in [6.07, 6.45) is 0.637. The van der Waals surface area contributed by atoms with Gasteiger partial charge in [-0.15, -0.1) is 0 Å². The van der Waals surface area contributed by atoms with E-state index < -0.39 is 18.6 Å². The highest BCUT2D eigenvalue weighted by molar-refractivity contribution is 6.31. The lowest BCUT2D eigenvalue weighted by Gasteiger charge is -2.39. The van der Waals surface area contributed by atoms with Gasteiger partial charge in [-0.05, 0) is 6.07 Å². The molecule has 11 heteroatoms. The van der Waals surface area contributed by atoms with Crippen LogP contribution in [0, 0.1) is 0 Å². The number of amides is 2. The largest absolute Gasteiger partial charge is 0.442 e. The Morgan fingerprint density at radius 1 is 1.44 bits per heavy atom. The Bertz CT molecular complexity index is 826. The number of alkyl carbamates (subject to hydrolysis) is 1. The maximum absolute atomic E-state index is 11.5. The third-order valence-electron chi connectivity index (χ3n) is 3.50. The molecule has 1 aliphatic heterocycles. The first-order valence-corrected chi connectivity index (χ1v) is 7.75. The van der Waals surface area contributed by atoms with Gasteiger partial charge in [0.25, 0.3) is 5.91 Å². The van der Waals surface area contributed by atoms with E-state index in [1.54, 1.807) is 11.0 Å². The van der Waals surface area contributed by atoms with Gasteiger partial charge in [0.1, 0.15) is 18.2 Å². The molecule has 0 unspecified atom stereocenters. The van der Waals surface area contributed by atoms with Crippen LogP contribution in [-0.4, -0.2) is 64.9 Å². The number of aliphatic hydroxyl groups is 1. The van der Waals surface area contributed by atoms with Crippen molar-refractivity contribution < 1.29 is 19.4 Å². The van der Waals surface area contributed by atoms with Gasteiger partial charge in [0, 0.05) is 13.2 Å². The number of carbonyl (C=O) groups excluding carboxylic acids is 2. The lowest BCUT2D eigenvalue weighted by atomic mass is 10.1. The van der Waals surface area contributed by atoms with E-state index in [0.717, 1.165) is 0 Å². The minimum Gasteiger partial charge on any atom is -0.442 e. The van der Waals surface area contributed by atoms with Crippen LogP contribution in [0.5, 0.6) is 0 Å². The molecule has 1 saturated heterocycles. The number of nitrogens with zero attached hydrogens (tertiary/aromatic N) is 4. The second-order valence-corrected chi connectivity index (χ2v) is 5.72. The number of anilines is 2. The number of aromatic nitrogens is 3. The number of hydrogen-bond acceptors (Lipinski definition) is 8. The Morgan fingerprint density at radius 3 is 2.88 bits per heavy atom. The van der Waals surface area contributed by atoms with Gasteiger partial charge in [-0.3, -0.25) is 4.79 Å². The van der Waals surface area contributed by atoms with Gasteiger partial charge >= 0.3 is 6.09 Å². The molecular formula is C14H15ClN6O4. The Morgan fingerprint density at radius 2 is 2.20 bits per heavy atom. The summed E-state index contributed by atoms with van der Waals surface area (Å²) in [5.41, 5.74) is 0.764. The van der Waals surface area contributed by atoms with Gasteiger partial charge < -0.3 is 25.4 Å². The maximum Gasteiger partial charge on any atom is 0.407 e. The zero-order chi connectivity index (χ0) is 18.0. The van der Waals surface area contributed by atoms with Crippen LogP contribution < -0.4 is 15.5 Å². The van der Waals surface area contributed by atoms with Crippen molar-refractivity contribution in [3.8, 4) is 0 Å². The van der Waals surface area contributed by atoms with Crippen LogP contribution >= 0.6 is 11.6 Å². The van der Waals surface area contributed by atoms with Gasteiger partial charge in [-0.1, -0.05) is 11.6 Å². The minimum absolute atomic E-state index is 0.175. The van der Waals surface area contributed by atoms with Crippen LogP contribution in [0.2, 0.25) is 5.02 Å². The Labute approximate surface area is 147 Å². The molecule has 0 saturated carbocycles. The number of hydrogen-bond donors (Lipinski definition) is 3. The van der Waals surface area contributed by atoms with E-state index >= 15 is 0 Å². The molecule has 2 aromatic heterocycles. The topological polar surface area (TPSA) is 130 Å². The standard InChI is InChI=1S/C14H15ClN6O4/c1-16-14(24)25-8-4-21(5-8)13-12(19-10(23)6-22)18-9-2-7(15)3-17-11(9)20-13/h2-3,8,22H,4-6H2,1H3,(H,16,24)(H,18,19,23). The summed E-state index contributed by atoms with van der Waals surface area (Å²) in [6, 6.07) is 1.57. The second kappa shape index (κ2) is 7.03. The van der Waals surface area contributed by atoms with Crippen molar-refractivity contribution in [2.24, 2.45) is 0 Å². The molecular weight excluding hydrogens is 352 g/mol. The molecule has 1 fully saturated rings. The summed E-state index contributed by atoms with van der Waals surface area (Å²) >= 11 is 5.90. The Kier molecular flexibility index (Phi) is 4.81. The third-order valence-corrected chi connectivity index (χ3v) is 3.70. The first-order chi connectivity index (χ1) is 12.0. The van der Waals surface area contributed by atoms with E-state index in [9.17, 15) is 9.59 Å². The molecule has 132 valence electrons. The van der Waals surface area contributed by atoms with E-state index in [-0.39, 0.29) is 11.9 Å². The zero-order valence-corrected chi connectivity index (χ0v) is 13.9. The highest BCUT2D eigenvalue weighted by Gasteiger charge is 2.33. The predicted octanol–water partition coefficient (Wildman–Crippen LogP) is 0.154. The number of fused-ring (bicyclic) bond motifs is 1. The lowest BCUT2D eigenvalue weighted by molar-refractivity contribution is -0.118. The lowest BCUT2D eigenvalue weighted by Crippen LogP contribution is -2.54. The van der Waals surface area contributed by atoms with Crippen molar-refractivity contribution in [1.29, 1.82) is 0 Å². The average molecular weight is 367 g/mol. The molecule has 0 atom stereocenters. The minimum atomic E-state index is -0.685. The van der Waals surface area contributed by atoms with E-state index in [1.807, 2.05) is 0 Å². The molecule has 0 aliphatic carbocycles. The molecule has 10 nitrogen and oxygen atoms in total. The van der Waals surface area contributed by atoms with Crippen LogP contribution in [0.1, 0.15) is 0 Å². The molecule has 3 heterocycles. The first kappa shape index (κ1) is 17.1. The van der Waals surface area contributed by atoms with E-state index in [4.69, 9.17) is 21.4 Å². The van der Waals surface area contributed by atoms with Crippen molar-refractivity contribution in [3.05, 3.63) is 17.3 Å². The van der Waals surface area contributed by atoms with Crippen LogP contribution in [0.15, 0.2) is 12.3 Å². The second-order valence-electron chi connectivity index (χ2n) is 5.28. The third kappa shape index (κ3) is 3.69.